The van der Waals surface area contributed by atoms with Crippen molar-refractivity contribution >= 4 is 15.9 Å². The number of benzene rings is 1. The van der Waals surface area contributed by atoms with Gasteiger partial charge in [0.25, 0.3) is 0 Å². The standard InChI is InChI=1S/C14H17BrFN3O/c1-3-19-12(14(15)9(2)18-19)8-20-13-5-4-11(16)6-10(13)7-17/h4-6H,3,7-8,17H2,1-2H3. The number of hydrogen-bond donors (Lipinski definition) is 1. The van der Waals surface area contributed by atoms with Gasteiger partial charge in [0.1, 0.15) is 18.2 Å². The highest BCUT2D eigenvalue weighted by molar-refractivity contribution is 9.10. The molecule has 0 saturated heterocycles. The molecule has 4 nitrogen and oxygen atoms in total. The lowest BCUT2D eigenvalue weighted by molar-refractivity contribution is 0.288. The van der Waals surface area contributed by atoms with Crippen LogP contribution >= 0.6 is 15.9 Å². The average molecular weight is 342 g/mol. The van der Waals surface area contributed by atoms with E-state index in [4.69, 9.17) is 10.5 Å². The van der Waals surface area contributed by atoms with Crippen molar-refractivity contribution in [3.63, 3.8) is 0 Å². The molecule has 0 saturated carbocycles. The van der Waals surface area contributed by atoms with E-state index in [0.717, 1.165) is 22.4 Å². The molecule has 0 amide bonds. The third kappa shape index (κ3) is 3.02. The molecule has 0 aliphatic carbocycles. The van der Waals surface area contributed by atoms with E-state index in [0.29, 0.717) is 17.9 Å². The van der Waals surface area contributed by atoms with Crippen LogP contribution in [0.15, 0.2) is 22.7 Å². The zero-order valence-electron chi connectivity index (χ0n) is 11.5. The minimum Gasteiger partial charge on any atom is -0.487 e. The van der Waals surface area contributed by atoms with Crippen LogP contribution in [0.2, 0.25) is 0 Å². The van der Waals surface area contributed by atoms with Crippen LogP contribution < -0.4 is 10.5 Å². The lowest BCUT2D eigenvalue weighted by Gasteiger charge is -2.11. The van der Waals surface area contributed by atoms with E-state index >= 15 is 0 Å². The second-order valence-corrected chi connectivity index (χ2v) is 5.20. The second-order valence-electron chi connectivity index (χ2n) is 4.41. The first-order chi connectivity index (χ1) is 9.56. The maximum absolute atomic E-state index is 13.2. The average Bonchev–Trinajstić information content (AvgIpc) is 2.72. The number of nitrogens with zero attached hydrogens (tertiary/aromatic N) is 2. The van der Waals surface area contributed by atoms with E-state index in [1.165, 1.54) is 12.1 Å². The fraction of sp³-hybridized carbons (Fsp3) is 0.357. The summed E-state index contributed by atoms with van der Waals surface area (Å²) in [7, 11) is 0. The van der Waals surface area contributed by atoms with Crippen molar-refractivity contribution < 1.29 is 9.13 Å². The molecule has 0 aliphatic heterocycles. The Labute approximate surface area is 125 Å². The molecule has 6 heteroatoms. The van der Waals surface area contributed by atoms with Crippen LogP contribution in [-0.2, 0) is 19.7 Å². The number of rotatable bonds is 5. The Hall–Kier alpha value is -1.40. The number of aromatic nitrogens is 2. The number of halogens is 2. The van der Waals surface area contributed by atoms with Crippen LogP contribution in [0, 0.1) is 12.7 Å². The molecule has 0 aliphatic rings. The van der Waals surface area contributed by atoms with E-state index in [1.54, 1.807) is 6.07 Å². The van der Waals surface area contributed by atoms with Crippen molar-refractivity contribution in [1.29, 1.82) is 0 Å². The van der Waals surface area contributed by atoms with E-state index < -0.39 is 0 Å². The normalized spacial score (nSPS) is 10.8. The van der Waals surface area contributed by atoms with Crippen molar-refractivity contribution in [1.82, 2.24) is 9.78 Å². The van der Waals surface area contributed by atoms with Crippen molar-refractivity contribution in [3.8, 4) is 5.75 Å². The van der Waals surface area contributed by atoms with Crippen LogP contribution in [0.1, 0.15) is 23.9 Å². The van der Waals surface area contributed by atoms with Gasteiger partial charge in [-0.2, -0.15) is 5.10 Å². The summed E-state index contributed by atoms with van der Waals surface area (Å²) in [5.74, 6) is 0.288. The highest BCUT2D eigenvalue weighted by Crippen LogP contribution is 2.25. The molecular weight excluding hydrogens is 325 g/mol. The molecule has 0 bridgehead atoms. The van der Waals surface area contributed by atoms with Gasteiger partial charge in [0.15, 0.2) is 0 Å². The number of aryl methyl sites for hydroxylation is 2. The van der Waals surface area contributed by atoms with Gasteiger partial charge in [0.05, 0.1) is 15.9 Å². The molecule has 20 heavy (non-hydrogen) atoms. The molecule has 2 aromatic rings. The quantitative estimate of drug-likeness (QED) is 0.908. The van der Waals surface area contributed by atoms with Gasteiger partial charge in [0.2, 0.25) is 0 Å². The van der Waals surface area contributed by atoms with Crippen molar-refractivity contribution in [2.24, 2.45) is 5.73 Å². The molecule has 1 heterocycles. The van der Waals surface area contributed by atoms with Gasteiger partial charge in [-0.1, -0.05) is 0 Å². The molecule has 0 fully saturated rings. The van der Waals surface area contributed by atoms with Crippen LogP contribution in [0.3, 0.4) is 0 Å². The summed E-state index contributed by atoms with van der Waals surface area (Å²) >= 11 is 3.51. The Morgan fingerprint density at radius 2 is 2.20 bits per heavy atom. The Balaban J connectivity index is 2.21. The molecule has 0 unspecified atom stereocenters. The van der Waals surface area contributed by atoms with E-state index in [-0.39, 0.29) is 12.4 Å². The molecule has 2 N–H and O–H groups in total. The topological polar surface area (TPSA) is 53.1 Å². The maximum atomic E-state index is 13.2. The fourth-order valence-corrected chi connectivity index (χ4v) is 2.40. The van der Waals surface area contributed by atoms with Crippen LogP contribution in [-0.4, -0.2) is 9.78 Å². The van der Waals surface area contributed by atoms with Crippen LogP contribution in [0.4, 0.5) is 4.39 Å². The summed E-state index contributed by atoms with van der Waals surface area (Å²) in [6.45, 7) is 5.31. The van der Waals surface area contributed by atoms with Gasteiger partial charge in [-0.05, 0) is 48.0 Å². The Morgan fingerprint density at radius 3 is 2.85 bits per heavy atom. The Morgan fingerprint density at radius 1 is 1.45 bits per heavy atom. The smallest absolute Gasteiger partial charge is 0.131 e. The number of nitrogens with two attached hydrogens (primary N) is 1. The van der Waals surface area contributed by atoms with Crippen molar-refractivity contribution in [2.75, 3.05) is 0 Å². The summed E-state index contributed by atoms with van der Waals surface area (Å²) in [6.07, 6.45) is 0. The summed E-state index contributed by atoms with van der Waals surface area (Å²) in [5, 5.41) is 4.40. The minimum atomic E-state index is -0.312. The van der Waals surface area contributed by atoms with Gasteiger partial charge >= 0.3 is 0 Å². The first-order valence-corrected chi connectivity index (χ1v) is 7.19. The Bertz CT molecular complexity index is 613. The van der Waals surface area contributed by atoms with Gasteiger partial charge in [0, 0.05) is 18.7 Å². The van der Waals surface area contributed by atoms with E-state index in [2.05, 4.69) is 21.0 Å². The van der Waals surface area contributed by atoms with Crippen LogP contribution in [0.5, 0.6) is 5.75 Å². The zero-order valence-corrected chi connectivity index (χ0v) is 13.1. The minimum absolute atomic E-state index is 0.236. The zero-order chi connectivity index (χ0) is 14.7. The summed E-state index contributed by atoms with van der Waals surface area (Å²) in [5.41, 5.74) is 8.13. The van der Waals surface area contributed by atoms with Gasteiger partial charge in [-0.3, -0.25) is 4.68 Å². The molecule has 0 radical (unpaired) electrons. The van der Waals surface area contributed by atoms with Crippen LogP contribution in [0.25, 0.3) is 0 Å². The summed E-state index contributed by atoms with van der Waals surface area (Å²) < 4.78 is 21.7. The fourth-order valence-electron chi connectivity index (χ4n) is 2.00. The number of ether oxygens (including phenoxy) is 1. The lowest BCUT2D eigenvalue weighted by atomic mass is 10.2. The van der Waals surface area contributed by atoms with Crippen molar-refractivity contribution in [2.45, 2.75) is 33.5 Å². The molecule has 1 aromatic heterocycles. The van der Waals surface area contributed by atoms with Gasteiger partial charge in [-0.15, -0.1) is 0 Å². The largest absolute Gasteiger partial charge is 0.487 e. The van der Waals surface area contributed by atoms with Gasteiger partial charge in [-0.25, -0.2) is 4.39 Å². The highest BCUT2D eigenvalue weighted by atomic mass is 79.9. The second kappa shape index (κ2) is 6.37. The predicted octanol–water partition coefficient (Wildman–Crippen LogP) is 3.15. The highest BCUT2D eigenvalue weighted by Gasteiger charge is 2.13. The SMILES string of the molecule is CCn1nc(C)c(Br)c1COc1ccc(F)cc1CN. The molecule has 0 atom stereocenters. The number of hydrogen-bond acceptors (Lipinski definition) is 3. The molecular formula is C14H17BrFN3O. The predicted molar refractivity (Wildman–Crippen MR) is 79.0 cm³/mol. The van der Waals surface area contributed by atoms with E-state index in [1.807, 2.05) is 18.5 Å². The van der Waals surface area contributed by atoms with Crippen molar-refractivity contribution in [3.05, 3.63) is 45.4 Å². The van der Waals surface area contributed by atoms with E-state index in [9.17, 15) is 4.39 Å². The first kappa shape index (κ1) is 15.0. The lowest BCUT2D eigenvalue weighted by Crippen LogP contribution is -2.08. The third-order valence-electron chi connectivity index (χ3n) is 3.06. The maximum Gasteiger partial charge on any atom is 0.131 e. The van der Waals surface area contributed by atoms with Gasteiger partial charge < -0.3 is 10.5 Å². The monoisotopic (exact) mass is 341 g/mol. The molecule has 1 aromatic carbocycles. The molecule has 2 rings (SSSR count). The first-order valence-electron chi connectivity index (χ1n) is 6.39. The Kier molecular flexibility index (Phi) is 4.77. The molecule has 0 spiro atoms. The third-order valence-corrected chi connectivity index (χ3v) is 4.09. The molecule has 108 valence electrons. The summed E-state index contributed by atoms with van der Waals surface area (Å²) in [6, 6.07) is 4.36. The summed E-state index contributed by atoms with van der Waals surface area (Å²) in [4.78, 5) is 0.